The average molecular weight is 401 g/mol. The van der Waals surface area contributed by atoms with Gasteiger partial charge in [-0.3, -0.25) is 4.79 Å². The molecule has 28 heavy (non-hydrogen) atoms. The molecule has 2 aromatic rings. The third kappa shape index (κ3) is 2.23. The monoisotopic (exact) mass is 401 g/mol. The first-order chi connectivity index (χ1) is 13.4. The zero-order chi connectivity index (χ0) is 19.7. The van der Waals surface area contributed by atoms with Gasteiger partial charge in [-0.1, -0.05) is 11.9 Å². The number of aryl methyl sites for hydroxylation is 1. The summed E-state index contributed by atoms with van der Waals surface area (Å²) in [6.45, 7) is 4.38. The van der Waals surface area contributed by atoms with Gasteiger partial charge in [0.05, 0.1) is 36.1 Å². The SMILES string of the molecule is C[C@@H](O)[C@H]1C(=O)N2C(C(=O)O)=C(SC3CCn4c3c[n+]3cccnc43)[C@H](C)[C@H]12. The summed E-state index contributed by atoms with van der Waals surface area (Å²) in [6.07, 6.45) is 5.86. The molecule has 3 aliphatic rings. The number of imidazole rings is 1. The average Bonchev–Trinajstić information content (AvgIpc) is 3.26. The highest BCUT2D eigenvalue weighted by atomic mass is 32.2. The molecule has 0 aliphatic carbocycles. The van der Waals surface area contributed by atoms with Crippen molar-refractivity contribution in [3.05, 3.63) is 41.0 Å². The number of amides is 1. The minimum absolute atomic E-state index is 0.0877. The molecule has 5 atom stereocenters. The third-order valence-electron chi connectivity index (χ3n) is 6.10. The fourth-order valence-corrected chi connectivity index (χ4v) is 6.33. The van der Waals surface area contributed by atoms with Gasteiger partial charge in [-0.15, -0.1) is 11.8 Å². The lowest BCUT2D eigenvalue weighted by Crippen LogP contribution is -2.63. The number of aromatic nitrogens is 3. The molecule has 5 heterocycles. The van der Waals surface area contributed by atoms with E-state index in [1.165, 1.54) is 4.90 Å². The first-order valence-corrected chi connectivity index (χ1v) is 10.3. The Morgan fingerprint density at radius 1 is 1.46 bits per heavy atom. The van der Waals surface area contributed by atoms with Crippen molar-refractivity contribution in [2.24, 2.45) is 11.8 Å². The number of hydrogen-bond acceptors (Lipinski definition) is 5. The minimum Gasteiger partial charge on any atom is -0.477 e. The number of aliphatic hydroxyl groups is 1. The van der Waals surface area contributed by atoms with Crippen LogP contribution in [-0.4, -0.2) is 48.7 Å². The first-order valence-electron chi connectivity index (χ1n) is 9.40. The molecule has 146 valence electrons. The van der Waals surface area contributed by atoms with Gasteiger partial charge in [0.1, 0.15) is 23.8 Å². The molecule has 0 saturated carbocycles. The quantitative estimate of drug-likeness (QED) is 0.585. The first kappa shape index (κ1) is 17.7. The van der Waals surface area contributed by atoms with Gasteiger partial charge in [0.2, 0.25) is 5.91 Å². The molecule has 1 amide bonds. The van der Waals surface area contributed by atoms with Gasteiger partial charge in [0.15, 0.2) is 0 Å². The lowest BCUT2D eigenvalue weighted by atomic mass is 9.79. The van der Waals surface area contributed by atoms with E-state index in [2.05, 4.69) is 9.55 Å². The fraction of sp³-hybridized carbons (Fsp3) is 0.474. The van der Waals surface area contributed by atoms with Gasteiger partial charge in [0.25, 0.3) is 0 Å². The Kier molecular flexibility index (Phi) is 3.82. The summed E-state index contributed by atoms with van der Waals surface area (Å²) in [5.74, 6) is -1.14. The van der Waals surface area contributed by atoms with Crippen LogP contribution in [-0.2, 0) is 16.1 Å². The normalized spacial score (nSPS) is 29.8. The van der Waals surface area contributed by atoms with Crippen molar-refractivity contribution in [2.75, 3.05) is 0 Å². The van der Waals surface area contributed by atoms with E-state index in [4.69, 9.17) is 0 Å². The summed E-state index contributed by atoms with van der Waals surface area (Å²) >= 11 is 1.54. The van der Waals surface area contributed by atoms with Crippen LogP contribution < -0.4 is 4.40 Å². The second-order valence-corrected chi connectivity index (χ2v) is 8.94. The molecule has 8 nitrogen and oxygen atoms in total. The minimum atomic E-state index is -1.08. The zero-order valence-electron chi connectivity index (χ0n) is 15.5. The molecular formula is C19H21N4O4S+. The number of thioether (sulfide) groups is 1. The summed E-state index contributed by atoms with van der Waals surface area (Å²) in [6, 6.07) is 1.60. The van der Waals surface area contributed by atoms with E-state index in [0.717, 1.165) is 29.3 Å². The Balaban J connectivity index is 1.51. The van der Waals surface area contributed by atoms with Gasteiger partial charge in [-0.2, -0.15) is 0 Å². The van der Waals surface area contributed by atoms with Crippen molar-refractivity contribution >= 4 is 29.4 Å². The van der Waals surface area contributed by atoms with Crippen LogP contribution in [0.1, 0.15) is 31.2 Å². The number of carbonyl (C=O) groups excluding carboxylic acids is 1. The number of rotatable bonds is 4. The number of carbonyl (C=O) groups is 2. The number of carboxylic acids is 1. The van der Waals surface area contributed by atoms with Gasteiger partial charge in [-0.25, -0.2) is 13.8 Å². The molecule has 0 bridgehead atoms. The Morgan fingerprint density at radius 3 is 2.96 bits per heavy atom. The highest BCUT2D eigenvalue weighted by Gasteiger charge is 2.60. The standard InChI is InChI=1S/C19H20N4O4S/c1-9-14-13(10(2)24)17(25)23(14)15(18(26)27)16(9)28-12-4-7-22-11(12)8-21-6-3-5-20-19(21)22/h3,5-6,8-10,12-14,24H,4,7H2,1-2H3/p+1/t9-,10-,12?,13-,14-/m1/s1. The number of fused-ring (bicyclic) bond motifs is 4. The van der Waals surface area contributed by atoms with Crippen LogP contribution in [0.25, 0.3) is 5.78 Å². The number of β-lactam (4-membered cyclic amide) rings is 1. The van der Waals surface area contributed by atoms with E-state index >= 15 is 0 Å². The van der Waals surface area contributed by atoms with Crippen molar-refractivity contribution in [1.82, 2.24) is 14.5 Å². The zero-order valence-corrected chi connectivity index (χ0v) is 16.3. The predicted molar refractivity (Wildman–Crippen MR) is 100.0 cm³/mol. The predicted octanol–water partition coefficient (Wildman–Crippen LogP) is 0.953. The van der Waals surface area contributed by atoms with Crippen molar-refractivity contribution in [3.63, 3.8) is 0 Å². The van der Waals surface area contributed by atoms with Crippen molar-refractivity contribution in [1.29, 1.82) is 0 Å². The Labute approximate surface area is 165 Å². The second kappa shape index (κ2) is 6.05. The molecule has 1 saturated heterocycles. The molecule has 2 N–H and O–H groups in total. The van der Waals surface area contributed by atoms with Gasteiger partial charge < -0.3 is 15.1 Å². The van der Waals surface area contributed by atoms with Gasteiger partial charge in [0, 0.05) is 16.9 Å². The van der Waals surface area contributed by atoms with Crippen LogP contribution in [0.2, 0.25) is 0 Å². The van der Waals surface area contributed by atoms with Crippen molar-refractivity contribution in [3.8, 4) is 0 Å². The molecular weight excluding hydrogens is 380 g/mol. The van der Waals surface area contributed by atoms with E-state index < -0.39 is 18.0 Å². The lowest BCUT2D eigenvalue weighted by Gasteiger charge is -2.46. The largest absolute Gasteiger partial charge is 0.477 e. The van der Waals surface area contributed by atoms with E-state index in [1.807, 2.05) is 29.8 Å². The molecule has 1 unspecified atom stereocenters. The number of hydrogen-bond donors (Lipinski definition) is 2. The molecule has 0 spiro atoms. The topological polar surface area (TPSA) is 99.8 Å². The number of aliphatic hydroxyl groups excluding tert-OH is 1. The molecule has 3 aliphatic heterocycles. The molecule has 2 aromatic heterocycles. The number of nitrogens with zero attached hydrogens (tertiary/aromatic N) is 4. The number of carboxylic acid groups (broad SMARTS) is 1. The summed E-state index contributed by atoms with van der Waals surface area (Å²) in [7, 11) is 0. The van der Waals surface area contributed by atoms with E-state index in [9.17, 15) is 19.8 Å². The maximum Gasteiger partial charge on any atom is 0.403 e. The van der Waals surface area contributed by atoms with E-state index in [1.54, 1.807) is 24.9 Å². The highest BCUT2D eigenvalue weighted by molar-refractivity contribution is 8.03. The fourth-order valence-electron chi connectivity index (χ4n) is 4.84. The Hall–Kier alpha value is -2.39. The van der Waals surface area contributed by atoms with Crippen LogP contribution in [0.4, 0.5) is 0 Å². The lowest BCUT2D eigenvalue weighted by molar-refractivity contribution is -0.513. The second-order valence-electron chi connectivity index (χ2n) is 7.70. The van der Waals surface area contributed by atoms with Crippen LogP contribution in [0.15, 0.2) is 35.3 Å². The maximum atomic E-state index is 12.5. The summed E-state index contributed by atoms with van der Waals surface area (Å²) in [5, 5.41) is 19.9. The molecule has 9 heteroatoms. The third-order valence-corrected chi connectivity index (χ3v) is 7.68. The summed E-state index contributed by atoms with van der Waals surface area (Å²) in [4.78, 5) is 31.0. The number of aliphatic carboxylic acids is 1. The molecule has 1 fully saturated rings. The van der Waals surface area contributed by atoms with Gasteiger partial charge in [-0.05, 0) is 13.3 Å². The van der Waals surface area contributed by atoms with Crippen molar-refractivity contribution in [2.45, 2.75) is 44.2 Å². The maximum absolute atomic E-state index is 12.5. The van der Waals surface area contributed by atoms with E-state index in [0.29, 0.717) is 0 Å². The summed E-state index contributed by atoms with van der Waals surface area (Å²) in [5.41, 5.74) is 1.20. The van der Waals surface area contributed by atoms with E-state index in [-0.39, 0.29) is 28.8 Å². The van der Waals surface area contributed by atoms with Crippen LogP contribution in [0.5, 0.6) is 0 Å². The van der Waals surface area contributed by atoms with Crippen LogP contribution in [0.3, 0.4) is 0 Å². The highest BCUT2D eigenvalue weighted by Crippen LogP contribution is 2.54. The molecule has 0 aromatic carbocycles. The van der Waals surface area contributed by atoms with Crippen LogP contribution in [0, 0.1) is 11.8 Å². The van der Waals surface area contributed by atoms with Crippen LogP contribution >= 0.6 is 11.8 Å². The molecule has 5 rings (SSSR count). The Bertz CT molecular complexity index is 1050. The van der Waals surface area contributed by atoms with Crippen molar-refractivity contribution < 1.29 is 24.2 Å². The Morgan fingerprint density at radius 2 is 2.25 bits per heavy atom. The summed E-state index contributed by atoms with van der Waals surface area (Å²) < 4.78 is 4.14. The molecule has 0 radical (unpaired) electrons. The van der Waals surface area contributed by atoms with Gasteiger partial charge >= 0.3 is 11.7 Å². The smallest absolute Gasteiger partial charge is 0.403 e.